The van der Waals surface area contributed by atoms with E-state index < -0.39 is 0 Å². The molecule has 0 unspecified atom stereocenters. The van der Waals surface area contributed by atoms with E-state index in [-0.39, 0.29) is 27.8 Å². The summed E-state index contributed by atoms with van der Waals surface area (Å²) in [5.41, 5.74) is -1.59. The Hall–Kier alpha value is -0.160. The van der Waals surface area contributed by atoms with Crippen LogP contribution in [0, 0.1) is 5.41 Å². The first-order valence-electron chi connectivity index (χ1n) is 11.1. The van der Waals surface area contributed by atoms with Gasteiger partial charge < -0.3 is 0 Å². The van der Waals surface area contributed by atoms with Gasteiger partial charge in [-0.15, -0.1) is 0 Å². The topological polar surface area (TPSA) is 36.9 Å². The molecular formula is C23H44O4. The van der Waals surface area contributed by atoms with Gasteiger partial charge in [0.15, 0.2) is 0 Å². The smallest absolute Gasteiger partial charge is 0.111 e. The summed E-state index contributed by atoms with van der Waals surface area (Å²) in [4.78, 5) is 24.6. The maximum atomic E-state index is 6.37. The maximum Gasteiger partial charge on any atom is 0.111 e. The van der Waals surface area contributed by atoms with Crippen LogP contribution in [0.25, 0.3) is 0 Å². The van der Waals surface area contributed by atoms with E-state index in [0.717, 1.165) is 25.7 Å². The molecule has 2 rings (SSSR count). The molecule has 160 valence electrons. The van der Waals surface area contributed by atoms with Crippen molar-refractivity contribution in [2.45, 2.75) is 142 Å². The van der Waals surface area contributed by atoms with Gasteiger partial charge >= 0.3 is 0 Å². The summed E-state index contributed by atoms with van der Waals surface area (Å²) in [7, 11) is 0. The summed E-state index contributed by atoms with van der Waals surface area (Å²) in [6.07, 6.45) is 11.3. The molecule has 0 heterocycles. The van der Waals surface area contributed by atoms with Crippen LogP contribution in [0.15, 0.2) is 0 Å². The SMILES string of the molecule is CC(C)(C)OOC1(C(C)(C)C2(OOC(C)(C)C)CCCCC2)CCCCC1. The second-order valence-corrected chi connectivity index (χ2v) is 11.3. The van der Waals surface area contributed by atoms with Crippen LogP contribution >= 0.6 is 0 Å². The lowest BCUT2D eigenvalue weighted by Crippen LogP contribution is -2.63. The molecule has 4 nitrogen and oxygen atoms in total. The number of hydrogen-bond donors (Lipinski definition) is 0. The first kappa shape index (κ1) is 23.1. The lowest BCUT2D eigenvalue weighted by atomic mass is 9.55. The highest BCUT2D eigenvalue weighted by atomic mass is 17.2. The normalized spacial score (nSPS) is 24.0. The maximum absolute atomic E-state index is 6.37. The molecule has 2 aliphatic rings. The molecule has 0 spiro atoms. The van der Waals surface area contributed by atoms with Gasteiger partial charge in [0.1, 0.15) is 11.2 Å². The molecule has 0 aromatic rings. The number of rotatable bonds is 6. The van der Waals surface area contributed by atoms with E-state index in [1.165, 1.54) is 38.5 Å². The van der Waals surface area contributed by atoms with Crippen LogP contribution in [0.3, 0.4) is 0 Å². The largest absolute Gasteiger partial charge is 0.230 e. The van der Waals surface area contributed by atoms with Gasteiger partial charge in [-0.05, 0) is 67.2 Å². The van der Waals surface area contributed by atoms with Gasteiger partial charge in [0, 0.05) is 5.41 Å². The second kappa shape index (κ2) is 8.30. The fraction of sp³-hybridized carbons (Fsp3) is 1.00. The Labute approximate surface area is 167 Å². The minimum absolute atomic E-state index is 0.225. The van der Waals surface area contributed by atoms with Crippen LogP contribution in [0.4, 0.5) is 0 Å². The van der Waals surface area contributed by atoms with Gasteiger partial charge in [-0.25, -0.2) is 19.6 Å². The summed E-state index contributed by atoms with van der Waals surface area (Å²) >= 11 is 0. The molecule has 27 heavy (non-hydrogen) atoms. The summed E-state index contributed by atoms with van der Waals surface area (Å²) in [5, 5.41) is 0. The average molecular weight is 385 g/mol. The van der Waals surface area contributed by atoms with Gasteiger partial charge in [0.25, 0.3) is 0 Å². The van der Waals surface area contributed by atoms with Crippen molar-refractivity contribution in [1.82, 2.24) is 0 Å². The van der Waals surface area contributed by atoms with Gasteiger partial charge in [0.05, 0.1) is 11.2 Å². The van der Waals surface area contributed by atoms with Crippen LogP contribution in [-0.2, 0) is 19.6 Å². The zero-order valence-corrected chi connectivity index (χ0v) is 19.2. The Morgan fingerprint density at radius 1 is 0.481 bits per heavy atom. The minimum atomic E-state index is -0.350. The highest BCUT2D eigenvalue weighted by molar-refractivity contribution is 5.08. The zero-order valence-electron chi connectivity index (χ0n) is 19.2. The molecule has 0 N–H and O–H groups in total. The molecular weight excluding hydrogens is 340 g/mol. The summed E-state index contributed by atoms with van der Waals surface area (Å²) in [6, 6.07) is 0. The van der Waals surface area contributed by atoms with Crippen molar-refractivity contribution in [2.24, 2.45) is 5.41 Å². The van der Waals surface area contributed by atoms with E-state index in [4.69, 9.17) is 19.6 Å². The molecule has 0 saturated heterocycles. The molecule has 4 heteroatoms. The molecule has 2 fully saturated rings. The van der Waals surface area contributed by atoms with Crippen molar-refractivity contribution < 1.29 is 19.6 Å². The Morgan fingerprint density at radius 3 is 1.04 bits per heavy atom. The highest BCUT2D eigenvalue weighted by Gasteiger charge is 2.61. The molecule has 2 saturated carbocycles. The van der Waals surface area contributed by atoms with Gasteiger partial charge in [-0.3, -0.25) is 0 Å². The lowest BCUT2D eigenvalue weighted by molar-refractivity contribution is -0.474. The van der Waals surface area contributed by atoms with Gasteiger partial charge in [0.2, 0.25) is 0 Å². The minimum Gasteiger partial charge on any atom is -0.230 e. The molecule has 0 aromatic heterocycles. The molecule has 0 amide bonds. The van der Waals surface area contributed by atoms with E-state index >= 15 is 0 Å². The van der Waals surface area contributed by atoms with Crippen LogP contribution in [-0.4, -0.2) is 22.4 Å². The summed E-state index contributed by atoms with van der Waals surface area (Å²) in [5.74, 6) is 0. The Morgan fingerprint density at radius 2 is 0.778 bits per heavy atom. The van der Waals surface area contributed by atoms with E-state index in [9.17, 15) is 0 Å². The van der Waals surface area contributed by atoms with E-state index in [0.29, 0.717) is 0 Å². The van der Waals surface area contributed by atoms with E-state index in [2.05, 4.69) is 13.8 Å². The average Bonchev–Trinajstić information content (AvgIpc) is 2.58. The first-order chi connectivity index (χ1) is 12.3. The summed E-state index contributed by atoms with van der Waals surface area (Å²) in [6.45, 7) is 16.9. The molecule has 0 radical (unpaired) electrons. The van der Waals surface area contributed by atoms with Crippen LogP contribution in [0.2, 0.25) is 0 Å². The third-order valence-electron chi connectivity index (χ3n) is 6.50. The molecule has 0 bridgehead atoms. The van der Waals surface area contributed by atoms with Crippen molar-refractivity contribution >= 4 is 0 Å². The summed E-state index contributed by atoms with van der Waals surface area (Å²) < 4.78 is 0. The molecule has 0 aromatic carbocycles. The van der Waals surface area contributed by atoms with E-state index in [1.54, 1.807) is 0 Å². The third-order valence-corrected chi connectivity index (χ3v) is 6.50. The van der Waals surface area contributed by atoms with Gasteiger partial charge in [-0.1, -0.05) is 52.4 Å². The zero-order chi connectivity index (χ0) is 20.4. The monoisotopic (exact) mass is 384 g/mol. The van der Waals surface area contributed by atoms with Crippen molar-refractivity contribution in [2.75, 3.05) is 0 Å². The number of hydrogen-bond acceptors (Lipinski definition) is 4. The van der Waals surface area contributed by atoms with Crippen molar-refractivity contribution in [1.29, 1.82) is 0 Å². The predicted octanol–water partition coefficient (Wildman–Crippen LogP) is 6.91. The van der Waals surface area contributed by atoms with Crippen LogP contribution < -0.4 is 0 Å². The van der Waals surface area contributed by atoms with Crippen LogP contribution in [0.5, 0.6) is 0 Å². The fourth-order valence-corrected chi connectivity index (χ4v) is 4.70. The lowest BCUT2D eigenvalue weighted by Gasteiger charge is -2.57. The Balaban J connectivity index is 2.36. The van der Waals surface area contributed by atoms with Crippen molar-refractivity contribution in [3.8, 4) is 0 Å². The standard InChI is InChI=1S/C23H44O4/c1-19(2,3)24-26-22(15-11-9-12-16-22)21(7,8)23(17-13-10-14-18-23)27-25-20(4,5)6/h9-18H2,1-8H3. The Kier molecular flexibility index (Phi) is 7.10. The predicted molar refractivity (Wildman–Crippen MR) is 109 cm³/mol. The molecule has 0 atom stereocenters. The molecule has 0 aliphatic heterocycles. The fourth-order valence-electron chi connectivity index (χ4n) is 4.70. The van der Waals surface area contributed by atoms with Gasteiger partial charge in [-0.2, -0.15) is 0 Å². The quantitative estimate of drug-likeness (QED) is 0.368. The first-order valence-corrected chi connectivity index (χ1v) is 11.1. The van der Waals surface area contributed by atoms with E-state index in [1.807, 2.05) is 41.5 Å². The second-order valence-electron chi connectivity index (χ2n) is 11.3. The Bertz CT molecular complexity index is 416. The van der Waals surface area contributed by atoms with Crippen molar-refractivity contribution in [3.63, 3.8) is 0 Å². The van der Waals surface area contributed by atoms with Crippen LogP contribution in [0.1, 0.15) is 120 Å². The van der Waals surface area contributed by atoms with Crippen molar-refractivity contribution in [3.05, 3.63) is 0 Å². The molecule has 2 aliphatic carbocycles. The third kappa shape index (κ3) is 5.46. The highest BCUT2D eigenvalue weighted by Crippen LogP contribution is 2.57.